The van der Waals surface area contributed by atoms with Gasteiger partial charge in [0.05, 0.1) is 35.6 Å². The van der Waals surface area contributed by atoms with E-state index in [-0.39, 0.29) is 13.2 Å². The van der Waals surface area contributed by atoms with Crippen LogP contribution in [0, 0.1) is 11.3 Å². The number of hydrogen-bond acceptors (Lipinski definition) is 8. The van der Waals surface area contributed by atoms with Crippen molar-refractivity contribution in [1.82, 2.24) is 0 Å². The monoisotopic (exact) mass is 442 g/mol. The van der Waals surface area contributed by atoms with Gasteiger partial charge in [-0.3, -0.25) is 4.79 Å². The molecule has 0 saturated carbocycles. The zero-order chi connectivity index (χ0) is 22.0. The van der Waals surface area contributed by atoms with Crippen LogP contribution >= 0.6 is 23.2 Å². The molecular weight excluding hydrogens is 423 g/mol. The summed E-state index contributed by atoms with van der Waals surface area (Å²) in [7, 11) is 2.96. The second kappa shape index (κ2) is 11.6. The maximum atomic E-state index is 10.5. The molecule has 0 aromatic heterocycles. The van der Waals surface area contributed by atoms with Gasteiger partial charge in [-0.15, -0.1) is 0 Å². The molecule has 0 spiro atoms. The van der Waals surface area contributed by atoms with Crippen molar-refractivity contribution in [2.75, 3.05) is 38.9 Å². The SMILES string of the molecule is COc1cc(OCC#N)c(Cl)cc1N.COc1cc(OCC(N)=O)c(Cl)cc1N. The van der Waals surface area contributed by atoms with Crippen LogP contribution in [-0.2, 0) is 4.79 Å². The standard InChI is InChI=1S/C9H11ClN2O3.C9H9ClN2O2/c1-14-8-3-7(15-4-9(12)13)5(10)2-6(8)11;1-13-9-5-8(14-3-2-11)6(10)4-7(9)12/h2-3H,4,11H2,1H3,(H2,12,13);4-5H,3,12H2,1H3. The summed E-state index contributed by atoms with van der Waals surface area (Å²) in [5.41, 5.74) is 17.0. The molecule has 6 N–H and O–H groups in total. The molecule has 1 amide bonds. The highest BCUT2D eigenvalue weighted by Gasteiger charge is 2.09. The number of methoxy groups -OCH3 is 2. The predicted octanol–water partition coefficient (Wildman–Crippen LogP) is 2.63. The summed E-state index contributed by atoms with van der Waals surface area (Å²) in [5, 5.41) is 8.99. The summed E-state index contributed by atoms with van der Waals surface area (Å²) in [5.74, 6) is 1.02. The lowest BCUT2D eigenvalue weighted by Crippen LogP contribution is -2.20. The van der Waals surface area contributed by atoms with E-state index >= 15 is 0 Å². The quantitative estimate of drug-likeness (QED) is 0.552. The minimum Gasteiger partial charge on any atom is -0.494 e. The molecule has 0 atom stereocenters. The Balaban J connectivity index is 0.000000291. The van der Waals surface area contributed by atoms with E-state index in [0.717, 1.165) is 0 Å². The number of nitrogen functional groups attached to an aromatic ring is 2. The predicted molar refractivity (Wildman–Crippen MR) is 111 cm³/mol. The number of ether oxygens (including phenoxy) is 4. The van der Waals surface area contributed by atoms with Gasteiger partial charge >= 0.3 is 0 Å². The Labute approximate surface area is 177 Å². The lowest BCUT2D eigenvalue weighted by Gasteiger charge is -2.10. The van der Waals surface area contributed by atoms with E-state index in [9.17, 15) is 4.79 Å². The van der Waals surface area contributed by atoms with E-state index < -0.39 is 5.91 Å². The van der Waals surface area contributed by atoms with E-state index in [1.165, 1.54) is 32.4 Å². The highest BCUT2D eigenvalue weighted by atomic mass is 35.5. The molecule has 0 fully saturated rings. The first-order valence-corrected chi connectivity index (χ1v) is 8.65. The number of nitrogens with zero attached hydrogens (tertiary/aromatic N) is 1. The smallest absolute Gasteiger partial charge is 0.255 e. The Kier molecular flexibility index (Phi) is 9.51. The summed E-state index contributed by atoms with van der Waals surface area (Å²) in [6.07, 6.45) is 0. The lowest BCUT2D eigenvalue weighted by atomic mass is 10.3. The van der Waals surface area contributed by atoms with Gasteiger partial charge in [0.2, 0.25) is 0 Å². The summed E-state index contributed by atoms with van der Waals surface area (Å²) < 4.78 is 20.1. The normalized spacial score (nSPS) is 9.48. The average molecular weight is 443 g/mol. The van der Waals surface area contributed by atoms with E-state index in [1.54, 1.807) is 6.07 Å². The first-order valence-electron chi connectivity index (χ1n) is 7.90. The number of nitriles is 1. The highest BCUT2D eigenvalue weighted by Crippen LogP contribution is 2.35. The molecule has 0 radical (unpaired) electrons. The molecule has 9 nitrogen and oxygen atoms in total. The van der Waals surface area contributed by atoms with Gasteiger partial charge in [-0.1, -0.05) is 23.2 Å². The maximum Gasteiger partial charge on any atom is 0.255 e. The van der Waals surface area contributed by atoms with E-state index in [0.29, 0.717) is 44.4 Å². The number of halogens is 2. The summed E-state index contributed by atoms with van der Waals surface area (Å²) in [6.45, 7) is -0.306. The number of nitrogens with two attached hydrogens (primary N) is 3. The number of hydrogen-bond donors (Lipinski definition) is 3. The summed E-state index contributed by atoms with van der Waals surface area (Å²) >= 11 is 11.7. The number of anilines is 2. The van der Waals surface area contributed by atoms with Crippen molar-refractivity contribution >= 4 is 40.5 Å². The molecule has 0 heterocycles. The lowest BCUT2D eigenvalue weighted by molar-refractivity contribution is -0.119. The minimum absolute atomic E-state index is 0.0627. The molecule has 0 aliphatic rings. The number of amides is 1. The van der Waals surface area contributed by atoms with Crippen molar-refractivity contribution in [2.45, 2.75) is 0 Å². The van der Waals surface area contributed by atoms with Crippen LogP contribution in [0.5, 0.6) is 23.0 Å². The maximum absolute atomic E-state index is 10.5. The largest absolute Gasteiger partial charge is 0.494 e. The van der Waals surface area contributed by atoms with Gasteiger partial charge in [0.25, 0.3) is 5.91 Å². The molecular formula is C18H20Cl2N4O5. The van der Waals surface area contributed by atoms with Crippen LogP contribution in [0.2, 0.25) is 10.0 Å². The van der Waals surface area contributed by atoms with Crippen LogP contribution in [0.3, 0.4) is 0 Å². The Hall–Kier alpha value is -3.22. The van der Waals surface area contributed by atoms with Gasteiger partial charge in [0.1, 0.15) is 29.1 Å². The average Bonchev–Trinajstić information content (AvgIpc) is 2.67. The highest BCUT2D eigenvalue weighted by molar-refractivity contribution is 6.32. The molecule has 0 unspecified atom stereocenters. The van der Waals surface area contributed by atoms with Gasteiger partial charge in [-0.25, -0.2) is 0 Å². The number of carbonyl (C=O) groups excluding carboxylic acids is 1. The first-order chi connectivity index (χ1) is 13.7. The molecule has 29 heavy (non-hydrogen) atoms. The second-order valence-corrected chi connectivity index (χ2v) is 6.07. The van der Waals surface area contributed by atoms with Crippen molar-refractivity contribution in [3.63, 3.8) is 0 Å². The van der Waals surface area contributed by atoms with Crippen LogP contribution in [0.15, 0.2) is 24.3 Å². The van der Waals surface area contributed by atoms with Gasteiger partial charge in [0, 0.05) is 12.1 Å². The Morgan fingerprint density at radius 1 is 0.931 bits per heavy atom. The van der Waals surface area contributed by atoms with Crippen molar-refractivity contribution in [3.8, 4) is 29.1 Å². The van der Waals surface area contributed by atoms with Gasteiger partial charge < -0.3 is 36.1 Å². The van der Waals surface area contributed by atoms with Crippen molar-refractivity contribution in [1.29, 1.82) is 5.26 Å². The molecule has 2 rings (SSSR count). The number of primary amides is 1. The second-order valence-electron chi connectivity index (χ2n) is 5.25. The van der Waals surface area contributed by atoms with Crippen molar-refractivity contribution in [2.24, 2.45) is 5.73 Å². The Morgan fingerprint density at radius 3 is 1.76 bits per heavy atom. The fraction of sp³-hybridized carbons (Fsp3) is 0.222. The van der Waals surface area contributed by atoms with Crippen molar-refractivity contribution < 1.29 is 23.7 Å². The van der Waals surface area contributed by atoms with E-state index in [2.05, 4.69) is 0 Å². The molecule has 2 aromatic rings. The molecule has 156 valence electrons. The molecule has 0 aliphatic heterocycles. The van der Waals surface area contributed by atoms with Crippen LogP contribution < -0.4 is 36.1 Å². The van der Waals surface area contributed by atoms with Gasteiger partial charge in [0.15, 0.2) is 13.2 Å². The zero-order valence-electron chi connectivity index (χ0n) is 15.7. The third kappa shape index (κ3) is 7.37. The number of carbonyl (C=O) groups is 1. The molecule has 0 aliphatic carbocycles. The minimum atomic E-state index is -0.582. The van der Waals surface area contributed by atoms with Crippen LogP contribution in [0.1, 0.15) is 0 Å². The third-order valence-electron chi connectivity index (χ3n) is 3.23. The molecule has 2 aromatic carbocycles. The fourth-order valence-corrected chi connectivity index (χ4v) is 2.39. The summed E-state index contributed by atoms with van der Waals surface area (Å²) in [6, 6.07) is 7.90. The van der Waals surface area contributed by atoms with Crippen molar-refractivity contribution in [3.05, 3.63) is 34.3 Å². The molecule has 0 saturated heterocycles. The van der Waals surface area contributed by atoms with Crippen LogP contribution in [0.4, 0.5) is 11.4 Å². The fourth-order valence-electron chi connectivity index (χ4n) is 1.93. The molecule has 11 heteroatoms. The zero-order valence-corrected chi connectivity index (χ0v) is 17.2. The van der Waals surface area contributed by atoms with E-state index in [1.807, 2.05) is 6.07 Å². The Bertz CT molecular complexity index is 903. The van der Waals surface area contributed by atoms with Gasteiger partial charge in [-0.2, -0.15) is 5.26 Å². The number of benzene rings is 2. The topological polar surface area (TPSA) is 156 Å². The first kappa shape index (κ1) is 23.8. The third-order valence-corrected chi connectivity index (χ3v) is 3.82. The molecule has 0 bridgehead atoms. The van der Waals surface area contributed by atoms with E-state index in [4.69, 9.17) is 64.6 Å². The van der Waals surface area contributed by atoms with Crippen LogP contribution in [-0.4, -0.2) is 33.3 Å². The summed E-state index contributed by atoms with van der Waals surface area (Å²) in [4.78, 5) is 10.5. The number of rotatable bonds is 7. The van der Waals surface area contributed by atoms with Gasteiger partial charge in [-0.05, 0) is 12.1 Å². The van der Waals surface area contributed by atoms with Crippen LogP contribution in [0.25, 0.3) is 0 Å². The Morgan fingerprint density at radius 2 is 1.38 bits per heavy atom.